The minimum absolute atomic E-state index is 0.171. The fourth-order valence-electron chi connectivity index (χ4n) is 6.04. The van der Waals surface area contributed by atoms with Crippen molar-refractivity contribution in [3.05, 3.63) is 54.1 Å². The summed E-state index contributed by atoms with van der Waals surface area (Å²) >= 11 is 0. The Morgan fingerprint density at radius 1 is 0.977 bits per heavy atom. The first-order chi connectivity index (χ1) is 21.3. The highest BCUT2D eigenvalue weighted by Crippen LogP contribution is 2.37. The number of nitrogens with zero attached hydrogens (tertiary/aromatic N) is 2. The normalized spacial score (nSPS) is 23.9. The lowest BCUT2D eigenvalue weighted by atomic mass is 9.83. The SMILES string of the molecule is CCOC1C(=O)C(=O)C1NCCOc1ccc(F)cc1-c1ccnc2[nH]c(C3=CCN(C4C(=O)C(=O)C4OCC)CC3)cc12. The standard InChI is InChI=1S/C32H33FN4O7/c1-3-42-30-24(26(38)28(30)40)34-11-14-44-23-6-5-18(33)15-20(23)19-7-10-35-32-21(19)16-22(36-32)17-8-12-37(13-9-17)25-27(39)29(41)31(25)43-4-2/h5-8,10,15-16,24-25,30-31,34H,3-4,9,11-14H2,1-2H3,(H,35,36). The van der Waals surface area contributed by atoms with Gasteiger partial charge in [-0.15, -0.1) is 0 Å². The van der Waals surface area contributed by atoms with E-state index in [2.05, 4.69) is 15.3 Å². The lowest BCUT2D eigenvalue weighted by molar-refractivity contribution is -0.164. The quantitative estimate of drug-likeness (QED) is 0.234. The van der Waals surface area contributed by atoms with Crippen LogP contribution in [0.3, 0.4) is 0 Å². The van der Waals surface area contributed by atoms with Gasteiger partial charge in [-0.05, 0) is 61.7 Å². The molecule has 0 amide bonds. The molecule has 2 aliphatic carbocycles. The maximum atomic E-state index is 14.5. The fourth-order valence-corrected chi connectivity index (χ4v) is 6.04. The first-order valence-electron chi connectivity index (χ1n) is 14.8. The molecule has 12 heteroatoms. The Labute approximate surface area is 252 Å². The molecule has 0 spiro atoms. The maximum Gasteiger partial charge on any atom is 0.230 e. The number of aromatic amines is 1. The molecule has 3 aromatic rings. The number of hydrogen-bond acceptors (Lipinski definition) is 10. The molecule has 0 saturated heterocycles. The van der Waals surface area contributed by atoms with Crippen molar-refractivity contribution in [2.45, 2.75) is 44.6 Å². The number of benzene rings is 1. The van der Waals surface area contributed by atoms with Crippen LogP contribution in [0.15, 0.2) is 42.6 Å². The molecule has 2 saturated carbocycles. The molecule has 2 fully saturated rings. The van der Waals surface area contributed by atoms with Crippen molar-refractivity contribution in [2.75, 3.05) is 39.5 Å². The number of ketones is 4. The van der Waals surface area contributed by atoms with Crippen LogP contribution in [0.2, 0.25) is 0 Å². The second-order valence-electron chi connectivity index (χ2n) is 10.9. The summed E-state index contributed by atoms with van der Waals surface area (Å²) in [4.78, 5) is 57.7. The number of carbonyl (C=O) groups excluding carboxylic acids is 4. The highest BCUT2D eigenvalue weighted by molar-refractivity contribution is 6.49. The van der Waals surface area contributed by atoms with Gasteiger partial charge in [0, 0.05) is 55.7 Å². The van der Waals surface area contributed by atoms with Crippen molar-refractivity contribution in [3.63, 3.8) is 0 Å². The number of fused-ring (bicyclic) bond motifs is 1. The van der Waals surface area contributed by atoms with E-state index < -0.39 is 53.2 Å². The van der Waals surface area contributed by atoms with Gasteiger partial charge in [0.2, 0.25) is 23.1 Å². The number of rotatable bonds is 12. The first kappa shape index (κ1) is 29.9. The van der Waals surface area contributed by atoms with Gasteiger partial charge in [-0.1, -0.05) is 6.08 Å². The smallest absolute Gasteiger partial charge is 0.230 e. The third kappa shape index (κ3) is 5.38. The minimum Gasteiger partial charge on any atom is -0.492 e. The minimum atomic E-state index is -0.777. The van der Waals surface area contributed by atoms with Crippen molar-refractivity contribution in [1.29, 1.82) is 0 Å². The first-order valence-corrected chi connectivity index (χ1v) is 14.8. The van der Waals surface area contributed by atoms with E-state index in [1.165, 1.54) is 12.1 Å². The topological polar surface area (TPSA) is 140 Å². The molecule has 11 nitrogen and oxygen atoms in total. The molecule has 3 aliphatic rings. The highest BCUT2D eigenvalue weighted by atomic mass is 19.1. The molecule has 44 heavy (non-hydrogen) atoms. The zero-order valence-corrected chi connectivity index (χ0v) is 24.4. The molecular weight excluding hydrogens is 571 g/mol. The summed E-state index contributed by atoms with van der Waals surface area (Å²) in [5.74, 6) is -1.86. The molecule has 0 radical (unpaired) electrons. The number of aromatic nitrogens is 2. The van der Waals surface area contributed by atoms with E-state index in [1.807, 2.05) is 17.0 Å². The van der Waals surface area contributed by atoms with Gasteiger partial charge in [0.25, 0.3) is 0 Å². The summed E-state index contributed by atoms with van der Waals surface area (Å²) in [6, 6.07) is 6.83. The monoisotopic (exact) mass is 604 g/mol. The molecule has 1 aliphatic heterocycles. The lowest BCUT2D eigenvalue weighted by Crippen LogP contribution is -2.66. The van der Waals surface area contributed by atoms with Crippen LogP contribution < -0.4 is 10.1 Å². The van der Waals surface area contributed by atoms with Crippen LogP contribution in [0.25, 0.3) is 27.7 Å². The van der Waals surface area contributed by atoms with E-state index in [9.17, 15) is 23.6 Å². The second kappa shape index (κ2) is 12.5. The number of nitrogens with one attached hydrogen (secondary N) is 2. The highest BCUT2D eigenvalue weighted by Gasteiger charge is 2.53. The van der Waals surface area contributed by atoms with Gasteiger partial charge in [-0.3, -0.25) is 24.1 Å². The number of pyridine rings is 1. The van der Waals surface area contributed by atoms with Crippen LogP contribution in [0.5, 0.6) is 5.75 Å². The molecule has 6 rings (SSSR count). The van der Waals surface area contributed by atoms with Gasteiger partial charge >= 0.3 is 0 Å². The number of carbonyl (C=O) groups is 4. The summed E-state index contributed by atoms with van der Waals surface area (Å²) in [7, 11) is 0. The Morgan fingerprint density at radius 2 is 1.75 bits per heavy atom. The van der Waals surface area contributed by atoms with Gasteiger partial charge in [0.1, 0.15) is 48.1 Å². The van der Waals surface area contributed by atoms with Crippen LogP contribution >= 0.6 is 0 Å². The van der Waals surface area contributed by atoms with Gasteiger partial charge in [0.05, 0.1) is 0 Å². The zero-order valence-electron chi connectivity index (χ0n) is 24.4. The maximum absolute atomic E-state index is 14.5. The molecule has 1 aromatic carbocycles. The summed E-state index contributed by atoms with van der Waals surface area (Å²) in [6.45, 7) is 5.80. The van der Waals surface area contributed by atoms with E-state index in [-0.39, 0.29) is 13.2 Å². The number of ether oxygens (including phenoxy) is 3. The van der Waals surface area contributed by atoms with E-state index in [4.69, 9.17) is 14.2 Å². The summed E-state index contributed by atoms with van der Waals surface area (Å²) in [5, 5.41) is 3.80. The summed E-state index contributed by atoms with van der Waals surface area (Å²) in [5.41, 5.74) is 3.82. The van der Waals surface area contributed by atoms with Crippen LogP contribution in [-0.4, -0.2) is 102 Å². The Hall–Kier alpha value is -4.10. The Morgan fingerprint density at radius 3 is 2.50 bits per heavy atom. The van der Waals surface area contributed by atoms with Crippen molar-refractivity contribution < 1.29 is 37.8 Å². The van der Waals surface area contributed by atoms with E-state index in [0.717, 1.165) is 22.2 Å². The van der Waals surface area contributed by atoms with Gasteiger partial charge < -0.3 is 24.5 Å². The largest absolute Gasteiger partial charge is 0.492 e. The third-order valence-electron chi connectivity index (χ3n) is 8.30. The molecule has 2 aromatic heterocycles. The number of halogens is 1. The second-order valence-corrected chi connectivity index (χ2v) is 10.9. The molecule has 4 atom stereocenters. The lowest BCUT2D eigenvalue weighted by Gasteiger charge is -2.41. The molecule has 3 heterocycles. The van der Waals surface area contributed by atoms with Crippen LogP contribution in [0.4, 0.5) is 4.39 Å². The van der Waals surface area contributed by atoms with Crippen LogP contribution in [0.1, 0.15) is 26.0 Å². The van der Waals surface area contributed by atoms with Crippen molar-refractivity contribution in [2.24, 2.45) is 0 Å². The number of Topliss-reactive ketones (excluding diaryl/α,β-unsaturated/α-hetero) is 4. The van der Waals surface area contributed by atoms with Crippen LogP contribution in [-0.2, 0) is 28.7 Å². The van der Waals surface area contributed by atoms with Crippen molar-refractivity contribution >= 4 is 39.7 Å². The van der Waals surface area contributed by atoms with E-state index >= 15 is 0 Å². The van der Waals surface area contributed by atoms with Gasteiger partial charge in [-0.25, -0.2) is 9.37 Å². The van der Waals surface area contributed by atoms with Crippen LogP contribution in [0, 0.1) is 5.82 Å². The third-order valence-corrected chi connectivity index (χ3v) is 8.30. The van der Waals surface area contributed by atoms with Crippen molar-refractivity contribution in [1.82, 2.24) is 20.2 Å². The molecule has 0 bridgehead atoms. The number of H-pyrrole nitrogens is 1. The fraction of sp³-hybridized carbons (Fsp3) is 0.406. The Bertz CT molecular complexity index is 1670. The zero-order chi connectivity index (χ0) is 31.0. The van der Waals surface area contributed by atoms with E-state index in [1.54, 1.807) is 32.2 Å². The molecule has 230 valence electrons. The predicted molar refractivity (Wildman–Crippen MR) is 158 cm³/mol. The molecule has 4 unspecified atom stereocenters. The molecular formula is C32H33FN4O7. The Balaban J connectivity index is 1.17. The molecule has 2 N–H and O–H groups in total. The van der Waals surface area contributed by atoms with Gasteiger partial charge in [-0.2, -0.15) is 0 Å². The van der Waals surface area contributed by atoms with Gasteiger partial charge in [0.15, 0.2) is 0 Å². The predicted octanol–water partition coefficient (Wildman–Crippen LogP) is 2.28. The summed E-state index contributed by atoms with van der Waals surface area (Å²) in [6.07, 6.45) is 2.86. The summed E-state index contributed by atoms with van der Waals surface area (Å²) < 4.78 is 31.4. The average Bonchev–Trinajstić information content (AvgIpc) is 3.49. The number of hydrogen-bond donors (Lipinski definition) is 2. The Kier molecular flexibility index (Phi) is 8.50. The van der Waals surface area contributed by atoms with Crippen molar-refractivity contribution in [3.8, 4) is 16.9 Å². The van der Waals surface area contributed by atoms with E-state index in [0.29, 0.717) is 49.7 Å². The average molecular weight is 605 g/mol.